The molecular formula is C14H18N4OS. The fourth-order valence-electron chi connectivity index (χ4n) is 1.81. The number of hydrogen-bond acceptors (Lipinski definition) is 6. The molecule has 0 unspecified atom stereocenters. The van der Waals surface area contributed by atoms with Crippen LogP contribution >= 0.6 is 11.8 Å². The fraction of sp³-hybridized carbons (Fsp3) is 0.286. The number of rotatable bonds is 5. The lowest BCUT2D eigenvalue weighted by molar-refractivity contribution is 0.412. The molecule has 0 fully saturated rings. The highest BCUT2D eigenvalue weighted by atomic mass is 32.2. The molecule has 1 heterocycles. The minimum Gasteiger partial charge on any atom is -0.496 e. The summed E-state index contributed by atoms with van der Waals surface area (Å²) in [5.74, 6) is 2.43. The SMILES string of the molecule is CNc1cc(Nc2ccc(OC)c(C)c2)nc(SC)n1. The molecule has 2 N–H and O–H groups in total. The van der Waals surface area contributed by atoms with Gasteiger partial charge in [0.05, 0.1) is 7.11 Å². The maximum atomic E-state index is 5.26. The van der Waals surface area contributed by atoms with Crippen molar-refractivity contribution in [2.45, 2.75) is 12.1 Å². The zero-order valence-electron chi connectivity index (χ0n) is 12.0. The molecule has 106 valence electrons. The van der Waals surface area contributed by atoms with Crippen molar-refractivity contribution < 1.29 is 4.74 Å². The van der Waals surface area contributed by atoms with Crippen molar-refractivity contribution in [3.05, 3.63) is 29.8 Å². The second-order valence-corrected chi connectivity index (χ2v) is 4.96. The van der Waals surface area contributed by atoms with Crippen molar-refractivity contribution >= 4 is 29.1 Å². The maximum Gasteiger partial charge on any atom is 0.191 e. The Morgan fingerprint density at radius 1 is 1.15 bits per heavy atom. The van der Waals surface area contributed by atoms with Crippen LogP contribution in [0.25, 0.3) is 0 Å². The van der Waals surface area contributed by atoms with Gasteiger partial charge < -0.3 is 15.4 Å². The van der Waals surface area contributed by atoms with Crippen LogP contribution in [0.1, 0.15) is 5.56 Å². The van der Waals surface area contributed by atoms with Gasteiger partial charge in [-0.25, -0.2) is 9.97 Å². The van der Waals surface area contributed by atoms with Crippen LogP contribution in [-0.2, 0) is 0 Å². The molecular weight excluding hydrogens is 272 g/mol. The van der Waals surface area contributed by atoms with Gasteiger partial charge in [0.25, 0.3) is 0 Å². The summed E-state index contributed by atoms with van der Waals surface area (Å²) >= 11 is 1.51. The highest BCUT2D eigenvalue weighted by Crippen LogP contribution is 2.25. The van der Waals surface area contributed by atoms with Crippen molar-refractivity contribution in [1.29, 1.82) is 0 Å². The molecule has 0 saturated heterocycles. The molecule has 0 aliphatic carbocycles. The molecule has 5 nitrogen and oxygen atoms in total. The van der Waals surface area contributed by atoms with Crippen LogP contribution < -0.4 is 15.4 Å². The Kier molecular flexibility index (Phi) is 4.68. The molecule has 1 aromatic carbocycles. The number of hydrogen-bond donors (Lipinski definition) is 2. The van der Waals surface area contributed by atoms with Crippen molar-refractivity contribution in [2.24, 2.45) is 0 Å². The van der Waals surface area contributed by atoms with E-state index in [4.69, 9.17) is 4.74 Å². The summed E-state index contributed by atoms with van der Waals surface area (Å²) in [4.78, 5) is 8.77. The Morgan fingerprint density at radius 3 is 2.50 bits per heavy atom. The van der Waals surface area contributed by atoms with Crippen LogP contribution in [0.15, 0.2) is 29.4 Å². The Morgan fingerprint density at radius 2 is 1.90 bits per heavy atom. The lowest BCUT2D eigenvalue weighted by atomic mass is 10.2. The van der Waals surface area contributed by atoms with Crippen LogP contribution in [0, 0.1) is 6.92 Å². The molecule has 6 heteroatoms. The number of thioether (sulfide) groups is 1. The lowest BCUT2D eigenvalue weighted by Crippen LogP contribution is -2.01. The molecule has 0 radical (unpaired) electrons. The largest absolute Gasteiger partial charge is 0.496 e. The molecule has 0 aliphatic rings. The van der Waals surface area contributed by atoms with E-state index in [1.807, 2.05) is 44.5 Å². The Hall–Kier alpha value is -1.95. The van der Waals surface area contributed by atoms with E-state index in [1.165, 1.54) is 11.8 Å². The number of nitrogens with zero attached hydrogens (tertiary/aromatic N) is 2. The molecule has 0 spiro atoms. The Bertz CT molecular complexity index is 581. The van der Waals surface area contributed by atoms with E-state index < -0.39 is 0 Å². The van der Waals surface area contributed by atoms with Crippen LogP contribution in [0.2, 0.25) is 0 Å². The summed E-state index contributed by atoms with van der Waals surface area (Å²) in [5.41, 5.74) is 2.04. The van der Waals surface area contributed by atoms with E-state index in [0.29, 0.717) is 0 Å². The average Bonchev–Trinajstić information content (AvgIpc) is 2.47. The predicted molar refractivity (Wildman–Crippen MR) is 84.4 cm³/mol. The van der Waals surface area contributed by atoms with E-state index in [2.05, 4.69) is 20.6 Å². The number of anilines is 3. The summed E-state index contributed by atoms with van der Waals surface area (Å²) in [6.45, 7) is 2.01. The third-order valence-electron chi connectivity index (χ3n) is 2.81. The average molecular weight is 290 g/mol. The predicted octanol–water partition coefficient (Wildman–Crippen LogP) is 3.30. The number of nitrogens with one attached hydrogen (secondary N) is 2. The van der Waals surface area contributed by atoms with Crippen molar-refractivity contribution in [2.75, 3.05) is 31.0 Å². The van der Waals surface area contributed by atoms with Gasteiger partial charge in [-0.3, -0.25) is 0 Å². The number of aryl methyl sites for hydroxylation is 1. The molecule has 0 saturated carbocycles. The van der Waals surface area contributed by atoms with Gasteiger partial charge in [0.2, 0.25) is 0 Å². The van der Waals surface area contributed by atoms with Gasteiger partial charge in [0, 0.05) is 18.8 Å². The topological polar surface area (TPSA) is 59.1 Å². The third kappa shape index (κ3) is 3.33. The smallest absolute Gasteiger partial charge is 0.191 e. The summed E-state index contributed by atoms with van der Waals surface area (Å²) in [6.07, 6.45) is 1.95. The monoisotopic (exact) mass is 290 g/mol. The van der Waals surface area contributed by atoms with Crippen LogP contribution in [-0.4, -0.2) is 30.4 Å². The second kappa shape index (κ2) is 6.47. The first kappa shape index (κ1) is 14.5. The van der Waals surface area contributed by atoms with Crippen LogP contribution in [0.3, 0.4) is 0 Å². The standard InChI is InChI=1S/C14H18N4OS/c1-9-7-10(5-6-11(9)19-3)16-13-8-12(15-2)17-14(18-13)20-4/h5-8H,1-4H3,(H2,15,16,17,18). The van der Waals surface area contributed by atoms with Gasteiger partial charge >= 0.3 is 0 Å². The summed E-state index contributed by atoms with van der Waals surface area (Å²) in [5, 5.41) is 7.04. The number of aromatic nitrogens is 2. The molecule has 20 heavy (non-hydrogen) atoms. The maximum absolute atomic E-state index is 5.26. The highest BCUT2D eigenvalue weighted by Gasteiger charge is 2.05. The number of methoxy groups -OCH3 is 1. The van der Waals surface area contributed by atoms with E-state index in [1.54, 1.807) is 7.11 Å². The Balaban J connectivity index is 2.27. The number of ether oxygens (including phenoxy) is 1. The van der Waals surface area contributed by atoms with Gasteiger partial charge in [-0.05, 0) is 36.9 Å². The van der Waals surface area contributed by atoms with Gasteiger partial charge in [0.1, 0.15) is 17.4 Å². The molecule has 0 bridgehead atoms. The lowest BCUT2D eigenvalue weighted by Gasteiger charge is -2.11. The normalized spacial score (nSPS) is 10.2. The molecule has 0 atom stereocenters. The van der Waals surface area contributed by atoms with Gasteiger partial charge in [-0.2, -0.15) is 0 Å². The molecule has 1 aromatic heterocycles. The summed E-state index contributed by atoms with van der Waals surface area (Å²) < 4.78 is 5.26. The zero-order valence-corrected chi connectivity index (χ0v) is 12.8. The van der Waals surface area contributed by atoms with E-state index >= 15 is 0 Å². The first-order valence-electron chi connectivity index (χ1n) is 6.18. The molecule has 2 rings (SSSR count). The first-order chi connectivity index (χ1) is 9.66. The summed E-state index contributed by atoms with van der Waals surface area (Å²) in [7, 11) is 3.51. The third-order valence-corrected chi connectivity index (χ3v) is 3.36. The van der Waals surface area contributed by atoms with Gasteiger partial charge in [0.15, 0.2) is 5.16 Å². The van der Waals surface area contributed by atoms with Crippen molar-refractivity contribution in [3.63, 3.8) is 0 Å². The van der Waals surface area contributed by atoms with Crippen molar-refractivity contribution in [1.82, 2.24) is 9.97 Å². The van der Waals surface area contributed by atoms with E-state index in [9.17, 15) is 0 Å². The van der Waals surface area contributed by atoms with Gasteiger partial charge in [-0.15, -0.1) is 0 Å². The van der Waals surface area contributed by atoms with Crippen molar-refractivity contribution in [3.8, 4) is 5.75 Å². The van der Waals surface area contributed by atoms with Gasteiger partial charge in [-0.1, -0.05) is 11.8 Å². The highest BCUT2D eigenvalue weighted by molar-refractivity contribution is 7.98. The first-order valence-corrected chi connectivity index (χ1v) is 7.41. The fourth-order valence-corrected chi connectivity index (χ4v) is 2.19. The molecule has 0 aliphatic heterocycles. The Labute approximate surface area is 123 Å². The van der Waals surface area contributed by atoms with Crippen LogP contribution in [0.4, 0.5) is 17.3 Å². The van der Waals surface area contributed by atoms with E-state index in [0.717, 1.165) is 33.8 Å². The summed E-state index contributed by atoms with van der Waals surface area (Å²) in [6, 6.07) is 7.80. The molecule has 0 amide bonds. The van der Waals surface area contributed by atoms with Crippen LogP contribution in [0.5, 0.6) is 5.75 Å². The minimum atomic E-state index is 0.726. The number of benzene rings is 1. The minimum absolute atomic E-state index is 0.726. The van der Waals surface area contributed by atoms with E-state index in [-0.39, 0.29) is 0 Å². The zero-order chi connectivity index (χ0) is 14.5. The quantitative estimate of drug-likeness (QED) is 0.651. The second-order valence-electron chi connectivity index (χ2n) is 4.18. The molecule has 2 aromatic rings.